The van der Waals surface area contributed by atoms with Gasteiger partial charge >= 0.3 is 212 Å². The van der Waals surface area contributed by atoms with Gasteiger partial charge in [-0.2, -0.15) is 0 Å². The summed E-state index contributed by atoms with van der Waals surface area (Å²) in [7, 11) is -0.488. The van der Waals surface area contributed by atoms with E-state index in [2.05, 4.69) is 184 Å². The van der Waals surface area contributed by atoms with Gasteiger partial charge in [0.2, 0.25) is 0 Å². The van der Waals surface area contributed by atoms with Gasteiger partial charge in [-0.3, -0.25) is 0 Å². The van der Waals surface area contributed by atoms with Crippen molar-refractivity contribution >= 4 is 45.0 Å². The average Bonchev–Trinajstić information content (AvgIpc) is 4.01. The van der Waals surface area contributed by atoms with E-state index in [1.807, 2.05) is 0 Å². The molecule has 0 aliphatic carbocycles. The van der Waals surface area contributed by atoms with Gasteiger partial charge in [-0.05, 0) is 15.5 Å². The maximum absolute atomic E-state index is 3.82. The molecule has 10 aliphatic rings. The van der Waals surface area contributed by atoms with Crippen molar-refractivity contribution in [3.05, 3.63) is 121 Å². The molecule has 0 saturated carbocycles. The summed E-state index contributed by atoms with van der Waals surface area (Å²) in [6, 6.07) is 48.0. The van der Waals surface area contributed by atoms with E-state index < -0.39 is 6.51 Å². The fraction of sp³-hybridized carbons (Fsp3) is 0.478. The van der Waals surface area contributed by atoms with Gasteiger partial charge in [-0.15, -0.1) is 0 Å². The van der Waals surface area contributed by atoms with Crippen molar-refractivity contribution in [1.29, 1.82) is 0 Å². The Morgan fingerprint density at radius 3 is 0.760 bits per heavy atom. The van der Waals surface area contributed by atoms with Gasteiger partial charge < -0.3 is 0 Å². The van der Waals surface area contributed by atoms with E-state index in [0.717, 1.165) is 8.11 Å². The topological polar surface area (TPSA) is 0 Å². The van der Waals surface area contributed by atoms with Crippen LogP contribution in [-0.4, -0.2) is 23.6 Å². The summed E-state index contributed by atoms with van der Waals surface area (Å²) >= 11 is 0. The molecular formula is C46H55FeP3. The molecule has 0 N–H and O–H groups in total. The van der Waals surface area contributed by atoms with Crippen LogP contribution in [-0.2, 0) is 6.51 Å². The molecule has 10 saturated heterocycles. The minimum atomic E-state index is -3.82. The molecule has 0 nitrogen and oxygen atoms in total. The van der Waals surface area contributed by atoms with Gasteiger partial charge in [0.05, 0.1) is 0 Å². The predicted molar refractivity (Wildman–Crippen MR) is 220 cm³/mol. The van der Waals surface area contributed by atoms with Crippen LogP contribution in [0.15, 0.2) is 121 Å². The quantitative estimate of drug-likeness (QED) is 0.136. The molecule has 0 radical (unpaired) electrons. The third kappa shape index (κ3) is 1.06. The van der Waals surface area contributed by atoms with Crippen molar-refractivity contribution in [2.75, 3.05) is 0 Å². The third-order valence-corrected chi connectivity index (χ3v) is 82.1. The molecule has 10 heterocycles. The van der Waals surface area contributed by atoms with Crippen molar-refractivity contribution in [3.8, 4) is 0 Å². The first-order valence-electron chi connectivity index (χ1n) is 19.3. The number of hydrogen-bond acceptors (Lipinski definition) is 0. The normalized spacial score (nSPS) is 50.6. The molecule has 4 aromatic carbocycles. The predicted octanol–water partition coefficient (Wildman–Crippen LogP) is 12.3. The number of fused-ring (bicyclic) bond motifs is 10. The first-order valence-corrected chi connectivity index (χ1v) is 29.5. The standard InChI is InChI=1S/2C17H14P.C12H27P.Fe/c2*1-3-9-15(10-4-1)18(17-13-7-8-14-17)16-11-5-2-6-12-16;1-10(2,3)13(11(4,5)6)12(7,8)9;/h2*1-14H;1-9H3;. The van der Waals surface area contributed by atoms with Gasteiger partial charge in [0, 0.05) is 0 Å². The SMILES string of the molecule is CC(C)(C)P(C(C)(C)C)C(C)(C)C.c1ccc(P(c2ccccc2)[C]23[CH]4[CH]5[CH]6[CH]2[Fe]56432789[CH]3[CH]2[CH]7[C]8(P(c2ccccc2)c2ccccc2)[CH]39)cc1. The van der Waals surface area contributed by atoms with Crippen molar-refractivity contribution in [3.63, 3.8) is 0 Å². The molecule has 0 aromatic heterocycles. The molecule has 8 unspecified atom stereocenters. The van der Waals surface area contributed by atoms with Crippen LogP contribution in [0.1, 0.15) is 62.3 Å². The Labute approximate surface area is 295 Å². The van der Waals surface area contributed by atoms with Gasteiger partial charge in [0.1, 0.15) is 0 Å². The van der Waals surface area contributed by atoms with Crippen LogP contribution >= 0.6 is 23.8 Å². The first-order chi connectivity index (χ1) is 23.5. The second kappa shape index (κ2) is 5.40. The number of benzene rings is 4. The molecule has 262 valence electrons. The van der Waals surface area contributed by atoms with E-state index >= 15 is 0 Å². The summed E-state index contributed by atoms with van der Waals surface area (Å²) in [6.45, 7) is 17.6. The average molecular weight is 757 g/mol. The van der Waals surface area contributed by atoms with Crippen LogP contribution in [0, 0.1) is 0 Å². The second-order valence-electron chi connectivity index (χ2n) is 22.6. The maximum atomic E-state index is 2.54. The fourth-order valence-corrected chi connectivity index (χ4v) is 135. The Morgan fingerprint density at radius 1 is 0.380 bits per heavy atom. The van der Waals surface area contributed by atoms with E-state index in [0.29, 0.717) is 15.5 Å². The zero-order valence-corrected chi connectivity index (χ0v) is 35.1. The molecular weight excluding hydrogens is 701 g/mol. The monoisotopic (exact) mass is 756 g/mol. The number of hydrogen-bond donors (Lipinski definition) is 0. The van der Waals surface area contributed by atoms with Gasteiger partial charge in [-0.25, -0.2) is 0 Å². The van der Waals surface area contributed by atoms with Crippen molar-refractivity contribution in [2.24, 2.45) is 0 Å². The van der Waals surface area contributed by atoms with Gasteiger partial charge in [0.15, 0.2) is 0 Å². The summed E-state index contributed by atoms with van der Waals surface area (Å²) in [5, 5.41) is 8.22. The summed E-state index contributed by atoms with van der Waals surface area (Å²) in [5.74, 6) is 0. The Kier molecular flexibility index (Phi) is 3.25. The van der Waals surface area contributed by atoms with E-state index in [-0.39, 0.29) is 23.8 Å². The number of rotatable bonds is 6. The van der Waals surface area contributed by atoms with Gasteiger partial charge in [0.25, 0.3) is 0 Å². The van der Waals surface area contributed by atoms with Crippen molar-refractivity contribution in [1.82, 2.24) is 0 Å². The van der Waals surface area contributed by atoms with Crippen LogP contribution in [0.2, 0.25) is 38.5 Å². The third-order valence-electron chi connectivity index (χ3n) is 21.4. The molecule has 0 bridgehead atoms. The fourth-order valence-electron chi connectivity index (χ4n) is 23.9. The molecule has 10 fully saturated rings. The zero-order chi connectivity index (χ0) is 34.6. The molecule has 10 aliphatic heterocycles. The molecule has 14 rings (SSSR count). The summed E-state index contributed by atoms with van der Waals surface area (Å²) in [5.41, 5.74) is 0. The van der Waals surface area contributed by atoms with E-state index in [1.54, 1.807) is 21.2 Å². The van der Waals surface area contributed by atoms with Crippen LogP contribution in [0.3, 0.4) is 0 Å². The van der Waals surface area contributed by atoms with Crippen LogP contribution in [0.4, 0.5) is 0 Å². The van der Waals surface area contributed by atoms with E-state index in [1.165, 1.54) is 38.5 Å². The minimum absolute atomic E-state index is 0.0162. The van der Waals surface area contributed by atoms with Crippen LogP contribution in [0.5, 0.6) is 0 Å². The van der Waals surface area contributed by atoms with Crippen molar-refractivity contribution in [2.45, 2.75) is 124 Å². The summed E-state index contributed by atoms with van der Waals surface area (Å²) in [6.07, 6.45) is 0. The molecule has 50 heavy (non-hydrogen) atoms. The van der Waals surface area contributed by atoms with E-state index in [9.17, 15) is 0 Å². The molecule has 8 atom stereocenters. The molecule has 4 heteroatoms. The summed E-state index contributed by atoms with van der Waals surface area (Å²) < 4.78 is 1.60. The Hall–Kier alpha value is -1.31. The van der Waals surface area contributed by atoms with Gasteiger partial charge in [-0.1, -0.05) is 70.2 Å². The van der Waals surface area contributed by atoms with Crippen molar-refractivity contribution < 1.29 is 6.51 Å². The zero-order valence-electron chi connectivity index (χ0n) is 31.4. The van der Waals surface area contributed by atoms with E-state index in [4.69, 9.17) is 0 Å². The van der Waals surface area contributed by atoms with Crippen LogP contribution < -0.4 is 21.2 Å². The molecule has 0 amide bonds. The van der Waals surface area contributed by atoms with Crippen LogP contribution in [0.25, 0.3) is 0 Å². The Bertz CT molecular complexity index is 2230. The molecule has 4 aromatic rings. The summed E-state index contributed by atoms with van der Waals surface area (Å²) in [4.78, 5) is 10.1. The Balaban J connectivity index is 0.000000185. The first kappa shape index (κ1) is 30.1. The Morgan fingerprint density at radius 2 is 0.600 bits per heavy atom. The molecule has 1 spiro atoms. The second-order valence-corrected chi connectivity index (χ2v) is 56.1.